The predicted octanol–water partition coefficient (Wildman–Crippen LogP) is 5.32. The number of hydrogen-bond donors (Lipinski definition) is 1. The van der Waals surface area contributed by atoms with Crippen molar-refractivity contribution < 1.29 is 19.4 Å². The number of benzene rings is 3. The molecule has 3 aromatic carbocycles. The zero-order valence-electron chi connectivity index (χ0n) is 20.4. The lowest BCUT2D eigenvalue weighted by Crippen LogP contribution is -2.39. The van der Waals surface area contributed by atoms with E-state index in [4.69, 9.17) is 10.00 Å². The lowest BCUT2D eigenvalue weighted by Gasteiger charge is -2.25. The van der Waals surface area contributed by atoms with E-state index in [-0.39, 0.29) is 18.4 Å². The molecule has 36 heavy (non-hydrogen) atoms. The second kappa shape index (κ2) is 11.1. The normalized spacial score (nSPS) is 19.2. The fourth-order valence-corrected chi connectivity index (χ4v) is 4.92. The average molecular weight is 483 g/mol. The molecule has 0 bridgehead atoms. The molecule has 1 saturated heterocycles. The topological polar surface area (TPSA) is 90.6 Å². The van der Waals surface area contributed by atoms with E-state index in [1.807, 2.05) is 59.5 Å². The summed E-state index contributed by atoms with van der Waals surface area (Å²) in [6.45, 7) is 2.62. The van der Waals surface area contributed by atoms with Gasteiger partial charge in [0, 0.05) is 6.54 Å². The van der Waals surface area contributed by atoms with E-state index >= 15 is 0 Å². The highest BCUT2D eigenvalue weighted by Gasteiger charge is 2.49. The van der Waals surface area contributed by atoms with E-state index in [1.54, 1.807) is 19.1 Å². The highest BCUT2D eigenvalue weighted by molar-refractivity contribution is 5.88. The number of aliphatic carboxylic acids is 1. The number of amides is 1. The molecule has 1 aliphatic heterocycles. The van der Waals surface area contributed by atoms with Gasteiger partial charge in [0.1, 0.15) is 12.4 Å². The summed E-state index contributed by atoms with van der Waals surface area (Å²) >= 11 is 0. The highest BCUT2D eigenvalue weighted by Crippen LogP contribution is 2.39. The average Bonchev–Trinajstić information content (AvgIpc) is 3.12. The molecule has 6 heteroatoms. The van der Waals surface area contributed by atoms with Crippen LogP contribution in [0.2, 0.25) is 0 Å². The first-order valence-electron chi connectivity index (χ1n) is 12.2. The fourth-order valence-electron chi connectivity index (χ4n) is 4.92. The van der Waals surface area contributed by atoms with Crippen molar-refractivity contribution in [2.75, 3.05) is 13.2 Å². The van der Waals surface area contributed by atoms with Crippen LogP contribution in [0.15, 0.2) is 78.9 Å². The molecule has 0 aromatic heterocycles. The molecule has 1 heterocycles. The van der Waals surface area contributed by atoms with Gasteiger partial charge in [0.05, 0.1) is 29.5 Å². The van der Waals surface area contributed by atoms with Crippen molar-refractivity contribution in [3.63, 3.8) is 0 Å². The number of carboxylic acid groups (broad SMARTS) is 1. The number of carbonyl (C=O) groups is 2. The molecule has 0 unspecified atom stereocenters. The van der Waals surface area contributed by atoms with Gasteiger partial charge in [0.2, 0.25) is 5.91 Å². The molecule has 0 aliphatic carbocycles. The number of hydrogen-bond acceptors (Lipinski definition) is 4. The van der Waals surface area contributed by atoms with Crippen molar-refractivity contribution in [2.45, 2.75) is 38.6 Å². The number of nitrogens with zero attached hydrogens (tertiary/aromatic N) is 2. The first-order chi connectivity index (χ1) is 17.4. The number of ether oxygens (including phenoxy) is 1. The van der Waals surface area contributed by atoms with Gasteiger partial charge in [-0.3, -0.25) is 9.59 Å². The Morgan fingerprint density at radius 2 is 1.69 bits per heavy atom. The van der Waals surface area contributed by atoms with E-state index in [0.717, 1.165) is 24.0 Å². The standard InChI is InChI=1S/C30H30N2O4/c1-30(19-28(33)34)18-26(32(29(30)35)17-5-8-22-6-3-2-4-7-22)21-36-27-15-13-25(14-16-27)24-11-9-23(20-31)10-12-24/h2-4,6-7,9-16,26H,5,8,17-19,21H2,1H3,(H,33,34)/t26-,30-/m0/s1. The SMILES string of the molecule is C[C@@]1(CC(=O)O)C[C@@H](COc2ccc(-c3ccc(C#N)cc3)cc2)N(CCCc2ccccc2)C1=O. The molecule has 1 amide bonds. The van der Waals surface area contributed by atoms with Gasteiger partial charge in [-0.1, -0.05) is 61.5 Å². The summed E-state index contributed by atoms with van der Waals surface area (Å²) in [5, 5.41) is 18.4. The van der Waals surface area contributed by atoms with E-state index in [9.17, 15) is 14.7 Å². The van der Waals surface area contributed by atoms with Gasteiger partial charge >= 0.3 is 5.97 Å². The summed E-state index contributed by atoms with van der Waals surface area (Å²) in [7, 11) is 0. The van der Waals surface area contributed by atoms with Crippen molar-refractivity contribution in [1.82, 2.24) is 4.90 Å². The molecule has 0 spiro atoms. The Morgan fingerprint density at radius 3 is 2.31 bits per heavy atom. The smallest absolute Gasteiger partial charge is 0.304 e. The van der Waals surface area contributed by atoms with Gasteiger partial charge in [-0.15, -0.1) is 0 Å². The molecule has 1 N–H and O–H groups in total. The quantitative estimate of drug-likeness (QED) is 0.422. The van der Waals surface area contributed by atoms with Gasteiger partial charge in [0.15, 0.2) is 0 Å². The third kappa shape index (κ3) is 5.92. The molecule has 1 fully saturated rings. The van der Waals surface area contributed by atoms with Crippen LogP contribution in [0.5, 0.6) is 5.75 Å². The van der Waals surface area contributed by atoms with Crippen LogP contribution in [0, 0.1) is 16.7 Å². The second-order valence-electron chi connectivity index (χ2n) is 9.60. The number of aryl methyl sites for hydroxylation is 1. The van der Waals surface area contributed by atoms with E-state index in [0.29, 0.717) is 30.9 Å². The Kier molecular flexibility index (Phi) is 7.70. The first kappa shape index (κ1) is 25.0. The Hall–Kier alpha value is -4.11. The van der Waals surface area contributed by atoms with Crippen LogP contribution in [0.3, 0.4) is 0 Å². The van der Waals surface area contributed by atoms with Crippen molar-refractivity contribution in [3.05, 3.63) is 90.0 Å². The minimum Gasteiger partial charge on any atom is -0.491 e. The monoisotopic (exact) mass is 482 g/mol. The van der Waals surface area contributed by atoms with Gasteiger partial charge < -0.3 is 14.7 Å². The molecule has 6 nitrogen and oxygen atoms in total. The maximum atomic E-state index is 13.3. The molecule has 3 aromatic rings. The summed E-state index contributed by atoms with van der Waals surface area (Å²) in [6.07, 6.45) is 1.92. The largest absolute Gasteiger partial charge is 0.491 e. The fraction of sp³-hybridized carbons (Fsp3) is 0.300. The number of likely N-dealkylation sites (tertiary alicyclic amines) is 1. The molecule has 0 radical (unpaired) electrons. The Bertz CT molecular complexity index is 1230. The lowest BCUT2D eigenvalue weighted by atomic mass is 9.84. The maximum absolute atomic E-state index is 13.3. The Labute approximate surface area is 211 Å². The third-order valence-corrected chi connectivity index (χ3v) is 6.80. The minimum absolute atomic E-state index is 0.109. The van der Waals surface area contributed by atoms with E-state index in [1.165, 1.54) is 5.56 Å². The molecule has 184 valence electrons. The molecule has 0 saturated carbocycles. The van der Waals surface area contributed by atoms with Gasteiger partial charge in [-0.25, -0.2) is 0 Å². The summed E-state index contributed by atoms with van der Waals surface area (Å²) in [5.41, 5.74) is 2.93. The van der Waals surface area contributed by atoms with Crippen LogP contribution in [-0.2, 0) is 16.0 Å². The van der Waals surface area contributed by atoms with Gasteiger partial charge in [-0.2, -0.15) is 5.26 Å². The number of rotatable bonds is 10. The molecule has 2 atom stereocenters. The van der Waals surface area contributed by atoms with Gasteiger partial charge in [0.25, 0.3) is 0 Å². The Balaban J connectivity index is 1.41. The second-order valence-corrected chi connectivity index (χ2v) is 9.60. The van der Waals surface area contributed by atoms with Crippen molar-refractivity contribution >= 4 is 11.9 Å². The molecular formula is C30H30N2O4. The number of nitriles is 1. The minimum atomic E-state index is -0.963. The number of carboxylic acids is 1. The summed E-state index contributed by atoms with van der Waals surface area (Å²) in [5.74, 6) is -0.381. The van der Waals surface area contributed by atoms with Gasteiger partial charge in [-0.05, 0) is 60.2 Å². The summed E-state index contributed by atoms with van der Waals surface area (Å²) in [4.78, 5) is 26.5. The van der Waals surface area contributed by atoms with Crippen LogP contribution in [0.25, 0.3) is 11.1 Å². The summed E-state index contributed by atoms with van der Waals surface area (Å²) in [6, 6.07) is 27.2. The highest BCUT2D eigenvalue weighted by atomic mass is 16.5. The molecular weight excluding hydrogens is 452 g/mol. The zero-order chi connectivity index (χ0) is 25.5. The van der Waals surface area contributed by atoms with Crippen molar-refractivity contribution in [1.29, 1.82) is 5.26 Å². The predicted molar refractivity (Wildman–Crippen MR) is 137 cm³/mol. The van der Waals surface area contributed by atoms with Crippen LogP contribution in [0.1, 0.15) is 37.3 Å². The molecule has 4 rings (SSSR count). The lowest BCUT2D eigenvalue weighted by molar-refractivity contribution is -0.146. The maximum Gasteiger partial charge on any atom is 0.304 e. The number of carbonyl (C=O) groups excluding carboxylic acids is 1. The van der Waals surface area contributed by atoms with Crippen LogP contribution < -0.4 is 4.74 Å². The van der Waals surface area contributed by atoms with Crippen molar-refractivity contribution in [3.8, 4) is 22.9 Å². The van der Waals surface area contributed by atoms with E-state index < -0.39 is 11.4 Å². The van der Waals surface area contributed by atoms with Crippen molar-refractivity contribution in [2.24, 2.45) is 5.41 Å². The summed E-state index contributed by atoms with van der Waals surface area (Å²) < 4.78 is 6.07. The van der Waals surface area contributed by atoms with Crippen LogP contribution >= 0.6 is 0 Å². The third-order valence-electron chi connectivity index (χ3n) is 6.80. The Morgan fingerprint density at radius 1 is 1.06 bits per heavy atom. The van der Waals surface area contributed by atoms with Crippen LogP contribution in [-0.4, -0.2) is 41.1 Å². The first-order valence-corrected chi connectivity index (χ1v) is 12.2. The zero-order valence-corrected chi connectivity index (χ0v) is 20.4. The van der Waals surface area contributed by atoms with E-state index in [2.05, 4.69) is 18.2 Å². The molecule has 1 aliphatic rings. The van der Waals surface area contributed by atoms with Crippen LogP contribution in [0.4, 0.5) is 0 Å².